The summed E-state index contributed by atoms with van der Waals surface area (Å²) >= 11 is 0. The summed E-state index contributed by atoms with van der Waals surface area (Å²) in [5, 5.41) is 6.66. The molecule has 2 aliphatic rings. The molecule has 2 atom stereocenters. The predicted octanol–water partition coefficient (Wildman–Crippen LogP) is 2.60. The third-order valence-electron chi connectivity index (χ3n) is 4.63. The van der Waals surface area contributed by atoms with Gasteiger partial charge in [0, 0.05) is 18.5 Å². The molecule has 1 aliphatic carbocycles. The zero-order chi connectivity index (χ0) is 12.8. The zero-order valence-corrected chi connectivity index (χ0v) is 11.7. The van der Waals surface area contributed by atoms with E-state index in [1.165, 1.54) is 44.9 Å². The average molecular weight is 252 g/mol. The molecule has 2 fully saturated rings. The van der Waals surface area contributed by atoms with Crippen molar-refractivity contribution in [2.45, 2.75) is 76.8 Å². The molecule has 0 spiro atoms. The molecule has 1 heterocycles. The fraction of sp³-hybridized carbons (Fsp3) is 0.933. The first kappa shape index (κ1) is 13.9. The van der Waals surface area contributed by atoms with E-state index in [0.29, 0.717) is 24.4 Å². The third kappa shape index (κ3) is 4.27. The van der Waals surface area contributed by atoms with E-state index in [2.05, 4.69) is 17.6 Å². The van der Waals surface area contributed by atoms with Gasteiger partial charge in [-0.3, -0.25) is 4.79 Å². The summed E-state index contributed by atoms with van der Waals surface area (Å²) in [6.07, 6.45) is 10.9. The normalized spacial score (nSPS) is 27.1. The van der Waals surface area contributed by atoms with Crippen molar-refractivity contribution in [1.82, 2.24) is 10.6 Å². The van der Waals surface area contributed by atoms with Crippen LogP contribution in [0.1, 0.15) is 64.7 Å². The van der Waals surface area contributed by atoms with Gasteiger partial charge >= 0.3 is 0 Å². The minimum Gasteiger partial charge on any atom is -0.353 e. The Morgan fingerprint density at radius 1 is 1.22 bits per heavy atom. The second kappa shape index (κ2) is 7.13. The Morgan fingerprint density at radius 2 is 2.00 bits per heavy atom. The summed E-state index contributed by atoms with van der Waals surface area (Å²) in [5.74, 6) is 0.967. The van der Waals surface area contributed by atoms with Crippen LogP contribution in [0.15, 0.2) is 0 Å². The first-order valence-electron chi connectivity index (χ1n) is 7.78. The van der Waals surface area contributed by atoms with E-state index in [0.717, 1.165) is 13.0 Å². The molecule has 1 amide bonds. The fourth-order valence-corrected chi connectivity index (χ4v) is 3.39. The molecule has 3 heteroatoms. The van der Waals surface area contributed by atoms with Crippen molar-refractivity contribution in [3.05, 3.63) is 0 Å². The Kier molecular flexibility index (Phi) is 5.48. The quantitative estimate of drug-likeness (QED) is 0.789. The van der Waals surface area contributed by atoms with Crippen LogP contribution in [-0.4, -0.2) is 24.5 Å². The van der Waals surface area contributed by atoms with Gasteiger partial charge in [0.1, 0.15) is 0 Å². The predicted molar refractivity (Wildman–Crippen MR) is 74.4 cm³/mol. The lowest BCUT2D eigenvalue weighted by atomic mass is 9.84. The maximum atomic E-state index is 11.9. The molecule has 1 saturated heterocycles. The monoisotopic (exact) mass is 252 g/mol. The van der Waals surface area contributed by atoms with E-state index in [-0.39, 0.29) is 5.91 Å². The highest BCUT2D eigenvalue weighted by molar-refractivity contribution is 5.76. The molecule has 2 rings (SSSR count). The largest absolute Gasteiger partial charge is 0.353 e. The van der Waals surface area contributed by atoms with Crippen LogP contribution in [0.2, 0.25) is 0 Å². The minimum atomic E-state index is 0.252. The first-order valence-corrected chi connectivity index (χ1v) is 7.78. The lowest BCUT2D eigenvalue weighted by Gasteiger charge is -2.28. The standard InChI is InChI=1S/C15H28N2O/c1-12(13-6-3-2-4-7-13)17-15(18)10-9-14-8-5-11-16-14/h12-14,16H,2-11H2,1H3,(H,17,18). The molecule has 1 aliphatic heterocycles. The van der Waals surface area contributed by atoms with Gasteiger partial charge in [0.05, 0.1) is 0 Å². The minimum absolute atomic E-state index is 0.252. The molecule has 3 nitrogen and oxygen atoms in total. The number of nitrogens with one attached hydrogen (secondary N) is 2. The maximum absolute atomic E-state index is 11.9. The lowest BCUT2D eigenvalue weighted by Crippen LogP contribution is -2.39. The van der Waals surface area contributed by atoms with Crippen LogP contribution in [-0.2, 0) is 4.79 Å². The highest BCUT2D eigenvalue weighted by atomic mass is 16.1. The van der Waals surface area contributed by atoms with Crippen molar-refractivity contribution >= 4 is 5.91 Å². The fourth-order valence-electron chi connectivity index (χ4n) is 3.39. The number of carbonyl (C=O) groups is 1. The summed E-state index contributed by atoms with van der Waals surface area (Å²) in [5.41, 5.74) is 0. The number of amides is 1. The van der Waals surface area contributed by atoms with Crippen LogP contribution in [0.5, 0.6) is 0 Å². The van der Waals surface area contributed by atoms with Crippen LogP contribution >= 0.6 is 0 Å². The second-order valence-corrected chi connectivity index (χ2v) is 6.09. The number of carbonyl (C=O) groups excluding carboxylic acids is 1. The first-order chi connectivity index (χ1) is 8.75. The van der Waals surface area contributed by atoms with Crippen LogP contribution in [0.25, 0.3) is 0 Å². The van der Waals surface area contributed by atoms with Crippen molar-refractivity contribution in [3.63, 3.8) is 0 Å². The van der Waals surface area contributed by atoms with Crippen molar-refractivity contribution in [3.8, 4) is 0 Å². The van der Waals surface area contributed by atoms with Crippen LogP contribution in [0.4, 0.5) is 0 Å². The number of hydrogen-bond donors (Lipinski definition) is 2. The summed E-state index contributed by atoms with van der Waals surface area (Å²) in [4.78, 5) is 11.9. The van der Waals surface area contributed by atoms with E-state index in [4.69, 9.17) is 0 Å². The molecule has 2 N–H and O–H groups in total. The van der Waals surface area contributed by atoms with Crippen molar-refractivity contribution in [2.75, 3.05) is 6.54 Å². The van der Waals surface area contributed by atoms with Crippen molar-refractivity contribution < 1.29 is 4.79 Å². The highest BCUT2D eigenvalue weighted by Gasteiger charge is 2.22. The Hall–Kier alpha value is -0.570. The molecule has 18 heavy (non-hydrogen) atoms. The molecule has 2 unspecified atom stereocenters. The Labute approximate surface area is 111 Å². The third-order valence-corrected chi connectivity index (χ3v) is 4.63. The van der Waals surface area contributed by atoms with Gasteiger partial charge in [-0.1, -0.05) is 19.3 Å². The Bertz CT molecular complexity index is 255. The highest BCUT2D eigenvalue weighted by Crippen LogP contribution is 2.26. The summed E-state index contributed by atoms with van der Waals surface area (Å²) in [7, 11) is 0. The van der Waals surface area contributed by atoms with Gasteiger partial charge in [-0.05, 0) is 51.5 Å². The summed E-state index contributed by atoms with van der Waals surface area (Å²) in [6, 6.07) is 0.954. The van der Waals surface area contributed by atoms with Gasteiger partial charge in [-0.2, -0.15) is 0 Å². The topological polar surface area (TPSA) is 41.1 Å². The van der Waals surface area contributed by atoms with Gasteiger partial charge in [0.15, 0.2) is 0 Å². The smallest absolute Gasteiger partial charge is 0.220 e. The molecule has 104 valence electrons. The molecular formula is C15H28N2O. The van der Waals surface area contributed by atoms with E-state index < -0.39 is 0 Å². The van der Waals surface area contributed by atoms with Gasteiger partial charge in [0.25, 0.3) is 0 Å². The molecule has 0 aromatic rings. The number of hydrogen-bond acceptors (Lipinski definition) is 2. The van der Waals surface area contributed by atoms with Gasteiger partial charge in [-0.25, -0.2) is 0 Å². The molecule has 1 saturated carbocycles. The van der Waals surface area contributed by atoms with E-state index in [1.54, 1.807) is 0 Å². The van der Waals surface area contributed by atoms with Gasteiger partial charge in [0.2, 0.25) is 5.91 Å². The molecule has 0 aromatic heterocycles. The molecule has 0 radical (unpaired) electrons. The van der Waals surface area contributed by atoms with Crippen molar-refractivity contribution in [1.29, 1.82) is 0 Å². The maximum Gasteiger partial charge on any atom is 0.220 e. The van der Waals surface area contributed by atoms with Crippen LogP contribution < -0.4 is 10.6 Å². The molecular weight excluding hydrogens is 224 g/mol. The van der Waals surface area contributed by atoms with E-state index in [1.807, 2.05) is 0 Å². The average Bonchev–Trinajstić information content (AvgIpc) is 2.90. The van der Waals surface area contributed by atoms with Crippen molar-refractivity contribution in [2.24, 2.45) is 5.92 Å². The summed E-state index contributed by atoms with van der Waals surface area (Å²) < 4.78 is 0. The van der Waals surface area contributed by atoms with E-state index >= 15 is 0 Å². The van der Waals surface area contributed by atoms with Gasteiger partial charge in [-0.15, -0.1) is 0 Å². The zero-order valence-electron chi connectivity index (χ0n) is 11.7. The second-order valence-electron chi connectivity index (χ2n) is 6.09. The SMILES string of the molecule is CC(NC(=O)CCC1CCCN1)C1CCCCC1. The van der Waals surface area contributed by atoms with E-state index in [9.17, 15) is 4.79 Å². The Morgan fingerprint density at radius 3 is 2.67 bits per heavy atom. The van der Waals surface area contributed by atoms with Gasteiger partial charge < -0.3 is 10.6 Å². The summed E-state index contributed by atoms with van der Waals surface area (Å²) in [6.45, 7) is 3.31. The number of rotatable bonds is 5. The Balaban J connectivity index is 1.62. The van der Waals surface area contributed by atoms with Crippen LogP contribution in [0.3, 0.4) is 0 Å². The molecule has 0 bridgehead atoms. The van der Waals surface area contributed by atoms with Crippen LogP contribution in [0, 0.1) is 5.92 Å². The lowest BCUT2D eigenvalue weighted by molar-refractivity contribution is -0.122. The molecule has 0 aromatic carbocycles.